The van der Waals surface area contributed by atoms with Gasteiger partial charge in [0.05, 0.1) is 5.25 Å². The summed E-state index contributed by atoms with van der Waals surface area (Å²) in [6, 6.07) is 3.60. The Hall–Kier alpha value is -0.550. The Morgan fingerprint density at radius 3 is 3.20 bits per heavy atom. The molecule has 1 N–H and O–H groups in total. The van der Waals surface area contributed by atoms with Crippen LogP contribution in [0.1, 0.15) is 12.8 Å². The summed E-state index contributed by atoms with van der Waals surface area (Å²) in [5, 5.41) is 3.02. The van der Waals surface area contributed by atoms with Gasteiger partial charge in [-0.2, -0.15) is 0 Å². The molecule has 1 saturated heterocycles. The third-order valence-electron chi connectivity index (χ3n) is 2.22. The summed E-state index contributed by atoms with van der Waals surface area (Å²) in [6.45, 7) is 0. The normalized spacial score (nSPS) is 20.2. The van der Waals surface area contributed by atoms with Gasteiger partial charge < -0.3 is 5.32 Å². The molecule has 0 aromatic carbocycles. The highest BCUT2D eigenvalue weighted by Gasteiger charge is 2.23. The van der Waals surface area contributed by atoms with Crippen molar-refractivity contribution in [1.82, 2.24) is 4.98 Å². The molecule has 2 rings (SSSR count). The van der Waals surface area contributed by atoms with Crippen LogP contribution in [-0.2, 0) is 4.79 Å². The largest absolute Gasteiger partial charge is 0.325 e. The average molecular weight is 287 g/mol. The predicted octanol–water partition coefficient (Wildman–Crippen LogP) is 2.68. The number of carbonyl (C=O) groups is 1. The van der Waals surface area contributed by atoms with Gasteiger partial charge in [0.2, 0.25) is 5.91 Å². The maximum atomic E-state index is 11.8. The zero-order valence-corrected chi connectivity index (χ0v) is 10.5. The lowest BCUT2D eigenvalue weighted by Gasteiger charge is -2.09. The number of nitrogens with zero attached hydrogens (tertiary/aromatic N) is 1. The molecule has 1 aliphatic rings. The molecule has 80 valence electrons. The van der Waals surface area contributed by atoms with E-state index in [0.29, 0.717) is 0 Å². The van der Waals surface area contributed by atoms with Crippen LogP contribution in [-0.4, -0.2) is 21.9 Å². The van der Waals surface area contributed by atoms with E-state index < -0.39 is 0 Å². The monoisotopic (exact) mass is 286 g/mol. The summed E-state index contributed by atoms with van der Waals surface area (Å²) in [7, 11) is 0. The van der Waals surface area contributed by atoms with Crippen molar-refractivity contribution in [2.75, 3.05) is 11.1 Å². The van der Waals surface area contributed by atoms with E-state index in [-0.39, 0.29) is 11.2 Å². The van der Waals surface area contributed by atoms with Crippen LogP contribution in [0.3, 0.4) is 0 Å². The summed E-state index contributed by atoms with van der Waals surface area (Å²) in [5.41, 5.74) is 0.800. The van der Waals surface area contributed by atoms with Gasteiger partial charge in [-0.1, -0.05) is 0 Å². The maximum absolute atomic E-state index is 11.8. The van der Waals surface area contributed by atoms with E-state index >= 15 is 0 Å². The predicted molar refractivity (Wildman–Crippen MR) is 66.0 cm³/mol. The van der Waals surface area contributed by atoms with Gasteiger partial charge in [-0.15, -0.1) is 11.8 Å². The molecular weight excluding hydrogens is 276 g/mol. The molecule has 1 unspecified atom stereocenters. The SMILES string of the molecule is O=C(Nc1ccnc(Br)c1)C1CCCS1. The van der Waals surface area contributed by atoms with Crippen molar-refractivity contribution in [2.45, 2.75) is 18.1 Å². The van der Waals surface area contributed by atoms with Gasteiger partial charge in [0.1, 0.15) is 4.60 Å². The molecule has 1 atom stereocenters. The topological polar surface area (TPSA) is 42.0 Å². The van der Waals surface area contributed by atoms with Crippen molar-refractivity contribution in [3.8, 4) is 0 Å². The molecule has 15 heavy (non-hydrogen) atoms. The standard InChI is InChI=1S/C10H11BrN2OS/c11-9-6-7(3-4-12-9)13-10(14)8-2-1-5-15-8/h3-4,6,8H,1-2,5H2,(H,12,13,14). The molecule has 1 aliphatic heterocycles. The molecule has 1 aromatic rings. The van der Waals surface area contributed by atoms with Gasteiger partial charge in [-0.3, -0.25) is 4.79 Å². The van der Waals surface area contributed by atoms with Crippen molar-refractivity contribution in [1.29, 1.82) is 0 Å². The van der Waals surface area contributed by atoms with Gasteiger partial charge in [-0.05, 0) is 46.7 Å². The van der Waals surface area contributed by atoms with E-state index in [2.05, 4.69) is 26.2 Å². The van der Waals surface area contributed by atoms with Crippen LogP contribution in [0.15, 0.2) is 22.9 Å². The number of rotatable bonds is 2. The first-order valence-corrected chi connectivity index (χ1v) is 6.64. The second kappa shape index (κ2) is 4.99. The molecule has 2 heterocycles. The van der Waals surface area contributed by atoms with Gasteiger partial charge >= 0.3 is 0 Å². The Kier molecular flexibility index (Phi) is 3.64. The van der Waals surface area contributed by atoms with Crippen molar-refractivity contribution >= 4 is 39.3 Å². The molecule has 0 saturated carbocycles. The van der Waals surface area contributed by atoms with E-state index in [1.807, 2.05) is 0 Å². The van der Waals surface area contributed by atoms with Crippen LogP contribution in [0, 0.1) is 0 Å². The van der Waals surface area contributed by atoms with E-state index in [0.717, 1.165) is 28.9 Å². The minimum atomic E-state index is 0.107. The number of aromatic nitrogens is 1. The number of pyridine rings is 1. The minimum Gasteiger partial charge on any atom is -0.325 e. The van der Waals surface area contributed by atoms with Crippen LogP contribution in [0.5, 0.6) is 0 Å². The Bertz CT molecular complexity index is 366. The van der Waals surface area contributed by atoms with E-state index in [9.17, 15) is 4.79 Å². The quantitative estimate of drug-likeness (QED) is 0.850. The van der Waals surface area contributed by atoms with Gasteiger partial charge in [0.15, 0.2) is 0 Å². The summed E-state index contributed by atoms with van der Waals surface area (Å²) < 4.78 is 0.736. The molecule has 0 bridgehead atoms. The van der Waals surface area contributed by atoms with E-state index in [1.165, 1.54) is 0 Å². The maximum Gasteiger partial charge on any atom is 0.237 e. The second-order valence-corrected chi connectivity index (χ2v) is 5.48. The Balaban J connectivity index is 1.99. The molecule has 1 aromatic heterocycles. The fraction of sp³-hybridized carbons (Fsp3) is 0.400. The minimum absolute atomic E-state index is 0.107. The van der Waals surface area contributed by atoms with Gasteiger partial charge in [0, 0.05) is 11.9 Å². The third-order valence-corrected chi connectivity index (χ3v) is 4.03. The van der Waals surface area contributed by atoms with Gasteiger partial charge in [0.25, 0.3) is 0 Å². The highest BCUT2D eigenvalue weighted by atomic mass is 79.9. The first-order chi connectivity index (χ1) is 7.25. The zero-order valence-electron chi connectivity index (χ0n) is 8.07. The second-order valence-electron chi connectivity index (χ2n) is 3.36. The number of halogens is 1. The number of hydrogen-bond donors (Lipinski definition) is 1. The molecular formula is C10H11BrN2OS. The average Bonchev–Trinajstić information content (AvgIpc) is 2.70. The Labute approximate surface area is 101 Å². The first kappa shape index (κ1) is 11.0. The third kappa shape index (κ3) is 2.95. The summed E-state index contributed by atoms with van der Waals surface area (Å²) in [5.74, 6) is 1.20. The van der Waals surface area contributed by atoms with Crippen LogP contribution in [0.4, 0.5) is 5.69 Å². The first-order valence-electron chi connectivity index (χ1n) is 4.80. The summed E-state index contributed by atoms with van der Waals surface area (Å²) in [6.07, 6.45) is 3.80. The van der Waals surface area contributed by atoms with Crippen molar-refractivity contribution in [2.24, 2.45) is 0 Å². The smallest absolute Gasteiger partial charge is 0.237 e. The molecule has 3 nitrogen and oxygen atoms in total. The molecule has 0 spiro atoms. The van der Waals surface area contributed by atoms with Crippen LogP contribution >= 0.6 is 27.7 Å². The number of carbonyl (C=O) groups excluding carboxylic acids is 1. The number of thioether (sulfide) groups is 1. The number of nitrogens with one attached hydrogen (secondary N) is 1. The van der Waals surface area contributed by atoms with Crippen molar-refractivity contribution in [3.05, 3.63) is 22.9 Å². The van der Waals surface area contributed by atoms with Gasteiger partial charge in [-0.25, -0.2) is 4.98 Å². The lowest BCUT2D eigenvalue weighted by Crippen LogP contribution is -2.22. The summed E-state index contributed by atoms with van der Waals surface area (Å²) >= 11 is 5.00. The highest BCUT2D eigenvalue weighted by molar-refractivity contribution is 9.10. The number of anilines is 1. The molecule has 1 fully saturated rings. The van der Waals surface area contributed by atoms with Crippen LogP contribution in [0.2, 0.25) is 0 Å². The van der Waals surface area contributed by atoms with Crippen molar-refractivity contribution < 1.29 is 4.79 Å². The molecule has 0 aliphatic carbocycles. The fourth-order valence-corrected chi connectivity index (χ4v) is 3.01. The Morgan fingerprint density at radius 2 is 2.53 bits per heavy atom. The van der Waals surface area contributed by atoms with E-state index in [1.54, 1.807) is 30.1 Å². The number of hydrogen-bond acceptors (Lipinski definition) is 3. The number of amides is 1. The lowest BCUT2D eigenvalue weighted by atomic mass is 10.2. The molecule has 1 amide bonds. The fourth-order valence-electron chi connectivity index (χ4n) is 1.49. The molecule has 0 radical (unpaired) electrons. The van der Waals surface area contributed by atoms with E-state index in [4.69, 9.17) is 0 Å². The van der Waals surface area contributed by atoms with Crippen LogP contribution < -0.4 is 5.32 Å². The van der Waals surface area contributed by atoms with Crippen LogP contribution in [0.25, 0.3) is 0 Å². The van der Waals surface area contributed by atoms with Crippen molar-refractivity contribution in [3.63, 3.8) is 0 Å². The molecule has 5 heteroatoms. The zero-order chi connectivity index (χ0) is 10.7. The Morgan fingerprint density at radius 1 is 1.67 bits per heavy atom. The highest BCUT2D eigenvalue weighted by Crippen LogP contribution is 2.27. The lowest BCUT2D eigenvalue weighted by molar-refractivity contribution is -0.115. The summed E-state index contributed by atoms with van der Waals surface area (Å²) in [4.78, 5) is 15.8.